The molecule has 3 rings (SSSR count). The first-order valence-corrected chi connectivity index (χ1v) is 12.5. The van der Waals surface area contributed by atoms with Crippen LogP contribution in [-0.4, -0.2) is 53.3 Å². The Bertz CT molecular complexity index is 985. The second-order valence-electron chi connectivity index (χ2n) is 10.0. The second-order valence-corrected chi connectivity index (χ2v) is 10.4. The van der Waals surface area contributed by atoms with Gasteiger partial charge < -0.3 is 20.5 Å². The summed E-state index contributed by atoms with van der Waals surface area (Å²) in [5.74, 6) is -0.182. The summed E-state index contributed by atoms with van der Waals surface area (Å²) in [4.78, 5) is 27.5. The molecule has 35 heavy (non-hydrogen) atoms. The van der Waals surface area contributed by atoms with Gasteiger partial charge in [0, 0.05) is 12.6 Å². The van der Waals surface area contributed by atoms with Gasteiger partial charge in [-0.15, -0.1) is 0 Å². The first kappa shape index (κ1) is 27.0. The van der Waals surface area contributed by atoms with E-state index in [9.17, 15) is 14.7 Å². The van der Waals surface area contributed by atoms with Crippen LogP contribution < -0.4 is 10.6 Å². The Morgan fingerprint density at radius 3 is 2.31 bits per heavy atom. The highest BCUT2D eigenvalue weighted by molar-refractivity contribution is 6.33. The maximum Gasteiger partial charge on any atom is 0.408 e. The van der Waals surface area contributed by atoms with Crippen LogP contribution in [0.2, 0.25) is 5.02 Å². The van der Waals surface area contributed by atoms with Crippen molar-refractivity contribution >= 4 is 29.3 Å². The van der Waals surface area contributed by atoms with Gasteiger partial charge in [-0.3, -0.25) is 9.69 Å². The summed E-state index contributed by atoms with van der Waals surface area (Å²) in [5, 5.41) is 16.1. The molecule has 1 saturated carbocycles. The smallest absolute Gasteiger partial charge is 0.408 e. The molecule has 8 heteroatoms. The van der Waals surface area contributed by atoms with Crippen molar-refractivity contribution in [2.24, 2.45) is 0 Å². The zero-order valence-electron chi connectivity index (χ0n) is 20.7. The van der Waals surface area contributed by atoms with Gasteiger partial charge in [0.25, 0.3) is 0 Å². The van der Waals surface area contributed by atoms with E-state index < -0.39 is 17.2 Å². The van der Waals surface area contributed by atoms with Gasteiger partial charge >= 0.3 is 6.09 Å². The highest BCUT2D eigenvalue weighted by Gasteiger charge is 2.40. The number of aliphatic hydroxyl groups excluding tert-OH is 1. The van der Waals surface area contributed by atoms with E-state index in [1.54, 1.807) is 12.1 Å². The van der Waals surface area contributed by atoms with Gasteiger partial charge in [0.05, 0.1) is 29.4 Å². The van der Waals surface area contributed by atoms with Crippen LogP contribution in [0.5, 0.6) is 0 Å². The third-order valence-electron chi connectivity index (χ3n) is 6.27. The average molecular weight is 502 g/mol. The number of nitrogens with zero attached hydrogens (tertiary/aromatic N) is 1. The fraction of sp³-hybridized carbons (Fsp3) is 0.481. The van der Waals surface area contributed by atoms with E-state index in [0.29, 0.717) is 30.1 Å². The van der Waals surface area contributed by atoms with Gasteiger partial charge in [-0.2, -0.15) is 0 Å². The number of ether oxygens (including phenoxy) is 1. The zero-order chi connectivity index (χ0) is 25.5. The number of carbonyl (C=O) groups excluding carboxylic acids is 2. The van der Waals surface area contributed by atoms with Crippen LogP contribution in [0.25, 0.3) is 0 Å². The van der Waals surface area contributed by atoms with Crippen LogP contribution >= 0.6 is 11.6 Å². The molecule has 0 bridgehead atoms. The lowest BCUT2D eigenvalue weighted by Crippen LogP contribution is -2.53. The van der Waals surface area contributed by atoms with E-state index in [2.05, 4.69) is 10.6 Å². The Morgan fingerprint density at radius 1 is 1.09 bits per heavy atom. The van der Waals surface area contributed by atoms with E-state index in [4.69, 9.17) is 16.3 Å². The minimum atomic E-state index is -0.591. The number of carbonyl (C=O) groups is 2. The standard InChI is InChI=1S/C27H36ClN3O4/c1-26(2,3)35-25(34)30-27(20-9-5-4-6-10-20)15-13-21(14-16-27)31(17-18-32)19-24(33)29-23-12-8-7-11-22(23)28/h4-12,21,32H,13-19H2,1-3H3,(H,29,33)(H,30,34)/t21-,27-. The molecule has 0 atom stereocenters. The van der Waals surface area contributed by atoms with Crippen molar-refractivity contribution in [3.63, 3.8) is 0 Å². The van der Waals surface area contributed by atoms with Crippen LogP contribution in [0.3, 0.4) is 0 Å². The predicted octanol–water partition coefficient (Wildman–Crippen LogP) is 4.94. The van der Waals surface area contributed by atoms with E-state index in [-0.39, 0.29) is 25.1 Å². The highest BCUT2D eigenvalue weighted by Crippen LogP contribution is 2.39. The van der Waals surface area contributed by atoms with Crippen LogP contribution in [0.1, 0.15) is 52.0 Å². The summed E-state index contributed by atoms with van der Waals surface area (Å²) >= 11 is 6.17. The lowest BCUT2D eigenvalue weighted by Gasteiger charge is -2.44. The summed E-state index contributed by atoms with van der Waals surface area (Å²) < 4.78 is 5.56. The number of halogens is 1. The largest absolute Gasteiger partial charge is 0.444 e. The molecule has 0 aliphatic heterocycles. The fourth-order valence-electron chi connectivity index (χ4n) is 4.66. The molecule has 190 valence electrons. The molecule has 0 heterocycles. The molecule has 7 nitrogen and oxygen atoms in total. The fourth-order valence-corrected chi connectivity index (χ4v) is 4.84. The van der Waals surface area contributed by atoms with Crippen molar-refractivity contribution in [3.8, 4) is 0 Å². The Morgan fingerprint density at radius 2 is 1.71 bits per heavy atom. The predicted molar refractivity (Wildman–Crippen MR) is 138 cm³/mol. The number of hydrogen-bond donors (Lipinski definition) is 3. The summed E-state index contributed by atoms with van der Waals surface area (Å²) in [5.41, 5.74) is 0.461. The van der Waals surface area contributed by atoms with E-state index in [0.717, 1.165) is 18.4 Å². The summed E-state index contributed by atoms with van der Waals surface area (Å²) in [6, 6.07) is 17.2. The summed E-state index contributed by atoms with van der Waals surface area (Å²) in [7, 11) is 0. The normalized spacial score (nSPS) is 20.3. The maximum absolute atomic E-state index is 12.8. The number of nitrogens with one attached hydrogen (secondary N) is 2. The molecule has 0 saturated heterocycles. The molecule has 0 spiro atoms. The van der Waals surface area contributed by atoms with Crippen LogP contribution in [0.15, 0.2) is 54.6 Å². The molecular formula is C27H36ClN3O4. The number of rotatable bonds is 8. The summed E-state index contributed by atoms with van der Waals surface area (Å²) in [6.07, 6.45) is 2.45. The number of anilines is 1. The topological polar surface area (TPSA) is 90.9 Å². The average Bonchev–Trinajstić information content (AvgIpc) is 2.80. The Labute approximate surface area is 212 Å². The number of aliphatic hydroxyl groups is 1. The molecule has 2 aromatic rings. The van der Waals surface area contributed by atoms with Crippen molar-refractivity contribution in [1.82, 2.24) is 10.2 Å². The van der Waals surface area contributed by atoms with Crippen molar-refractivity contribution in [3.05, 3.63) is 65.2 Å². The Balaban J connectivity index is 1.70. The minimum Gasteiger partial charge on any atom is -0.444 e. The third kappa shape index (κ3) is 7.69. The third-order valence-corrected chi connectivity index (χ3v) is 6.60. The van der Waals surface area contributed by atoms with Gasteiger partial charge in [-0.1, -0.05) is 54.1 Å². The van der Waals surface area contributed by atoms with Crippen molar-refractivity contribution in [1.29, 1.82) is 0 Å². The molecule has 0 aromatic heterocycles. The molecule has 2 amide bonds. The molecule has 1 fully saturated rings. The first-order valence-electron chi connectivity index (χ1n) is 12.1. The molecule has 2 aromatic carbocycles. The Hall–Kier alpha value is -2.61. The van der Waals surface area contributed by atoms with Gasteiger partial charge in [-0.05, 0) is 64.2 Å². The number of alkyl carbamates (subject to hydrolysis) is 1. The maximum atomic E-state index is 12.8. The highest BCUT2D eigenvalue weighted by atomic mass is 35.5. The van der Waals surface area contributed by atoms with Crippen LogP contribution in [-0.2, 0) is 15.1 Å². The quantitative estimate of drug-likeness (QED) is 0.477. The number of benzene rings is 2. The molecular weight excluding hydrogens is 466 g/mol. The molecule has 0 unspecified atom stereocenters. The number of amides is 2. The monoisotopic (exact) mass is 501 g/mol. The van der Waals surface area contributed by atoms with E-state index >= 15 is 0 Å². The van der Waals surface area contributed by atoms with Crippen LogP contribution in [0.4, 0.5) is 10.5 Å². The Kier molecular flexibility index (Phi) is 9.16. The van der Waals surface area contributed by atoms with E-state index in [1.807, 2.05) is 68.1 Å². The molecule has 0 radical (unpaired) electrons. The zero-order valence-corrected chi connectivity index (χ0v) is 21.5. The van der Waals surface area contributed by atoms with E-state index in [1.165, 1.54) is 0 Å². The minimum absolute atomic E-state index is 0.0458. The first-order chi connectivity index (χ1) is 16.6. The van der Waals surface area contributed by atoms with Gasteiger partial charge in [0.2, 0.25) is 5.91 Å². The lowest BCUT2D eigenvalue weighted by atomic mass is 9.74. The van der Waals surface area contributed by atoms with Crippen molar-refractivity contribution in [2.45, 2.75) is 63.6 Å². The summed E-state index contributed by atoms with van der Waals surface area (Å²) in [6.45, 7) is 6.03. The number of hydrogen-bond acceptors (Lipinski definition) is 5. The van der Waals surface area contributed by atoms with Gasteiger partial charge in [0.15, 0.2) is 0 Å². The second kappa shape index (κ2) is 11.9. The molecule has 1 aliphatic carbocycles. The lowest BCUT2D eigenvalue weighted by molar-refractivity contribution is -0.118. The van der Waals surface area contributed by atoms with Gasteiger partial charge in [0.1, 0.15) is 5.60 Å². The van der Waals surface area contributed by atoms with Crippen LogP contribution in [0, 0.1) is 0 Å². The van der Waals surface area contributed by atoms with Crippen molar-refractivity contribution < 1.29 is 19.4 Å². The molecule has 3 N–H and O–H groups in total. The SMILES string of the molecule is CC(C)(C)OC(=O)N[C@]1(c2ccccc2)CC[C@@H](N(CCO)CC(=O)Nc2ccccc2Cl)CC1. The van der Waals surface area contributed by atoms with Gasteiger partial charge in [-0.25, -0.2) is 4.79 Å². The number of para-hydroxylation sites is 1. The van der Waals surface area contributed by atoms with Crippen molar-refractivity contribution in [2.75, 3.05) is 25.0 Å². The molecule has 1 aliphatic rings.